The quantitative estimate of drug-likeness (QED) is 0.382. The number of rotatable bonds is 4. The Balaban J connectivity index is 0.000000443. The van der Waals surface area contributed by atoms with Crippen LogP contribution in [-0.2, 0) is 32.3 Å². The van der Waals surface area contributed by atoms with Gasteiger partial charge in [-0.1, -0.05) is 94.9 Å². The molecule has 2 aromatic rings. The fraction of sp³-hybridized carbons (Fsp3) is 0.583. The van der Waals surface area contributed by atoms with Gasteiger partial charge in [-0.05, 0) is 0 Å². The summed E-state index contributed by atoms with van der Waals surface area (Å²) < 4.78 is 0. The molecule has 0 radical (unpaired) electrons. The second-order valence-corrected chi connectivity index (χ2v) is 7.46. The van der Waals surface area contributed by atoms with Crippen LogP contribution in [0.3, 0.4) is 0 Å². The van der Waals surface area contributed by atoms with Crippen LogP contribution >= 0.6 is 0 Å². The Labute approximate surface area is 169 Å². The molecule has 0 aromatic heterocycles. The maximum Gasteiger partial charge on any atom is 2.00 e. The van der Waals surface area contributed by atoms with Crippen LogP contribution in [0.1, 0.15) is 82.3 Å². The van der Waals surface area contributed by atoms with E-state index in [-0.39, 0.29) is 19.5 Å². The minimum absolute atomic E-state index is 0. The first kappa shape index (κ1) is 24.3. The molecule has 0 saturated carbocycles. The Morgan fingerprint density at radius 2 is 0.680 bits per heavy atom. The van der Waals surface area contributed by atoms with Gasteiger partial charge in [0.05, 0.1) is 0 Å². The monoisotopic (exact) mass is 390 g/mol. The number of hydrogen-bond acceptors (Lipinski definition) is 0. The van der Waals surface area contributed by atoms with Crippen molar-refractivity contribution in [1.29, 1.82) is 0 Å². The van der Waals surface area contributed by atoms with Crippen LogP contribution in [-0.4, -0.2) is 0 Å². The zero-order valence-electron chi connectivity index (χ0n) is 18.5. The van der Waals surface area contributed by atoms with Crippen molar-refractivity contribution < 1.29 is 19.5 Å². The molecule has 0 aliphatic heterocycles. The molecule has 2 aromatic carbocycles. The van der Waals surface area contributed by atoms with Crippen molar-refractivity contribution in [1.82, 2.24) is 0 Å². The third kappa shape index (κ3) is 5.16. The molecule has 0 aliphatic carbocycles. The Morgan fingerprint density at radius 3 is 0.840 bits per heavy atom. The van der Waals surface area contributed by atoms with Crippen molar-refractivity contribution in [2.24, 2.45) is 0 Å². The fourth-order valence-corrected chi connectivity index (χ4v) is 3.84. The van der Waals surface area contributed by atoms with Gasteiger partial charge in [0, 0.05) is 0 Å². The van der Waals surface area contributed by atoms with Gasteiger partial charge >= 0.3 is 19.5 Å². The molecule has 0 aliphatic rings. The van der Waals surface area contributed by atoms with E-state index in [1.807, 2.05) is 0 Å². The molecule has 0 amide bonds. The Kier molecular flexibility index (Phi) is 10.2. The predicted octanol–water partition coefficient (Wildman–Crippen LogP) is 7.18. The van der Waals surface area contributed by atoms with Crippen molar-refractivity contribution in [3.8, 4) is 0 Å². The number of hydrogen-bond donors (Lipinski definition) is 0. The zero-order chi connectivity index (χ0) is 18.6. The first-order chi connectivity index (χ1) is 11.2. The first-order valence-electron chi connectivity index (χ1n) is 9.62. The second kappa shape index (κ2) is 10.5. The average Bonchev–Trinajstić information content (AvgIpc) is 2.86. The Morgan fingerprint density at radius 1 is 0.480 bits per heavy atom. The Hall–Kier alpha value is -0.677. The summed E-state index contributed by atoms with van der Waals surface area (Å²) in [5.41, 5.74) is 15.2. The van der Waals surface area contributed by atoms with Crippen LogP contribution < -0.4 is 0 Å². The van der Waals surface area contributed by atoms with Crippen LogP contribution in [0.4, 0.5) is 0 Å². The molecule has 0 N–H and O–H groups in total. The van der Waals surface area contributed by atoms with E-state index >= 15 is 0 Å². The molecular weight excluding hydrogens is 354 g/mol. The third-order valence-corrected chi connectivity index (χ3v) is 6.19. The standard InChI is InChI=1S/2C12H19.Zn/c2*1-6-7-12-10(4)8(2)9(3)11(12)5;/h2*6-7H2,1-5H3;/q2*-1;+2. The van der Waals surface area contributed by atoms with E-state index in [0.717, 1.165) is 0 Å². The van der Waals surface area contributed by atoms with E-state index in [4.69, 9.17) is 0 Å². The molecule has 2 rings (SSSR count). The smallest absolute Gasteiger partial charge is 0.196 e. The van der Waals surface area contributed by atoms with Crippen molar-refractivity contribution in [2.75, 3.05) is 0 Å². The van der Waals surface area contributed by atoms with Crippen LogP contribution in [0.2, 0.25) is 0 Å². The topological polar surface area (TPSA) is 0 Å². The summed E-state index contributed by atoms with van der Waals surface area (Å²) in [6, 6.07) is 0. The summed E-state index contributed by atoms with van der Waals surface area (Å²) in [6.45, 7) is 22.4. The molecule has 0 unspecified atom stereocenters. The maximum atomic E-state index is 2.25. The third-order valence-electron chi connectivity index (χ3n) is 6.19. The predicted molar refractivity (Wildman–Crippen MR) is 110 cm³/mol. The fourth-order valence-electron chi connectivity index (χ4n) is 3.84. The summed E-state index contributed by atoms with van der Waals surface area (Å²) in [6.07, 6.45) is 4.99. The molecule has 0 atom stereocenters. The summed E-state index contributed by atoms with van der Waals surface area (Å²) >= 11 is 0. The van der Waals surface area contributed by atoms with E-state index in [1.54, 1.807) is 11.1 Å². The maximum absolute atomic E-state index is 2.25. The van der Waals surface area contributed by atoms with Crippen LogP contribution in [0.25, 0.3) is 0 Å². The van der Waals surface area contributed by atoms with Gasteiger partial charge in [0.15, 0.2) is 0 Å². The van der Waals surface area contributed by atoms with Crippen LogP contribution in [0.5, 0.6) is 0 Å². The second-order valence-electron chi connectivity index (χ2n) is 7.46. The minimum Gasteiger partial charge on any atom is -0.196 e. The molecule has 0 bridgehead atoms. The molecule has 0 heterocycles. The molecule has 0 fully saturated rings. The molecular formula is C24H38Zn. The van der Waals surface area contributed by atoms with Gasteiger partial charge in [0.25, 0.3) is 0 Å². The van der Waals surface area contributed by atoms with Crippen molar-refractivity contribution in [3.05, 3.63) is 55.6 Å². The zero-order valence-corrected chi connectivity index (χ0v) is 21.5. The van der Waals surface area contributed by atoms with Gasteiger partial charge in [-0.25, -0.2) is 0 Å². The first-order valence-corrected chi connectivity index (χ1v) is 9.62. The van der Waals surface area contributed by atoms with Gasteiger partial charge in [-0.15, -0.1) is 0 Å². The van der Waals surface area contributed by atoms with Gasteiger partial charge in [-0.2, -0.15) is 55.6 Å². The summed E-state index contributed by atoms with van der Waals surface area (Å²) in [4.78, 5) is 0. The van der Waals surface area contributed by atoms with E-state index in [1.165, 1.54) is 70.2 Å². The Bertz CT molecular complexity index is 569. The molecule has 0 saturated heterocycles. The van der Waals surface area contributed by atoms with Crippen molar-refractivity contribution in [3.63, 3.8) is 0 Å². The van der Waals surface area contributed by atoms with Gasteiger partial charge in [0.2, 0.25) is 0 Å². The van der Waals surface area contributed by atoms with E-state index in [2.05, 4.69) is 69.2 Å². The molecule has 25 heavy (non-hydrogen) atoms. The molecule has 0 nitrogen and oxygen atoms in total. The van der Waals surface area contributed by atoms with Crippen molar-refractivity contribution in [2.45, 2.75) is 94.9 Å². The van der Waals surface area contributed by atoms with Crippen LogP contribution in [0, 0.1) is 55.4 Å². The summed E-state index contributed by atoms with van der Waals surface area (Å²) in [5, 5.41) is 0. The average molecular weight is 392 g/mol. The summed E-state index contributed by atoms with van der Waals surface area (Å²) in [5.74, 6) is 0. The van der Waals surface area contributed by atoms with Crippen molar-refractivity contribution >= 4 is 0 Å². The van der Waals surface area contributed by atoms with Gasteiger partial charge in [-0.3, -0.25) is 0 Å². The molecule has 136 valence electrons. The molecule has 0 spiro atoms. The van der Waals surface area contributed by atoms with Gasteiger partial charge < -0.3 is 0 Å². The normalized spacial score (nSPS) is 10.3. The molecule has 1 heteroatoms. The van der Waals surface area contributed by atoms with E-state index in [0.29, 0.717) is 0 Å². The minimum atomic E-state index is 0. The van der Waals surface area contributed by atoms with Crippen LogP contribution in [0.15, 0.2) is 0 Å². The SMILES string of the molecule is CCC[c-]1c(C)c(C)c(C)c1C.CCC[c-]1c(C)c(C)c(C)c1C.[Zn+2]. The summed E-state index contributed by atoms with van der Waals surface area (Å²) in [7, 11) is 0. The largest absolute Gasteiger partial charge is 2.00 e. The van der Waals surface area contributed by atoms with E-state index in [9.17, 15) is 0 Å². The van der Waals surface area contributed by atoms with Gasteiger partial charge in [0.1, 0.15) is 0 Å². The van der Waals surface area contributed by atoms with E-state index < -0.39 is 0 Å².